The standard InChI is InChI=1S/C8H9F3N4O/c1-16-5-4-15-7(8(9,10)11)6(2-3-12)13-14-15/h2,4-5H2,1H3. The van der Waals surface area contributed by atoms with Gasteiger partial charge in [0, 0.05) is 7.11 Å². The quantitative estimate of drug-likeness (QED) is 0.779. The lowest BCUT2D eigenvalue weighted by Gasteiger charge is -2.09. The van der Waals surface area contributed by atoms with Gasteiger partial charge in [-0.25, -0.2) is 4.68 Å². The molecule has 0 bridgehead atoms. The lowest BCUT2D eigenvalue weighted by atomic mass is 10.2. The van der Waals surface area contributed by atoms with Crippen molar-refractivity contribution in [3.8, 4) is 6.07 Å². The van der Waals surface area contributed by atoms with Crippen LogP contribution < -0.4 is 0 Å². The summed E-state index contributed by atoms with van der Waals surface area (Å²) >= 11 is 0. The molecule has 0 amide bonds. The van der Waals surface area contributed by atoms with Crippen molar-refractivity contribution in [2.75, 3.05) is 13.7 Å². The number of hydrogen-bond donors (Lipinski definition) is 0. The third-order valence-electron chi connectivity index (χ3n) is 1.83. The van der Waals surface area contributed by atoms with Crippen molar-refractivity contribution in [2.24, 2.45) is 0 Å². The molecule has 0 saturated carbocycles. The smallest absolute Gasteiger partial charge is 0.383 e. The van der Waals surface area contributed by atoms with Gasteiger partial charge in [-0.1, -0.05) is 5.21 Å². The van der Waals surface area contributed by atoms with Gasteiger partial charge < -0.3 is 4.74 Å². The van der Waals surface area contributed by atoms with Crippen LogP contribution >= 0.6 is 0 Å². The van der Waals surface area contributed by atoms with Crippen LogP contribution in [0.5, 0.6) is 0 Å². The molecule has 0 aliphatic rings. The Kier molecular flexibility index (Phi) is 3.84. The molecule has 16 heavy (non-hydrogen) atoms. The summed E-state index contributed by atoms with van der Waals surface area (Å²) in [7, 11) is 1.38. The summed E-state index contributed by atoms with van der Waals surface area (Å²) in [6, 6.07) is 1.62. The number of alkyl halides is 3. The minimum Gasteiger partial charge on any atom is -0.383 e. The zero-order valence-electron chi connectivity index (χ0n) is 8.45. The predicted molar refractivity (Wildman–Crippen MR) is 46.2 cm³/mol. The molecule has 1 aromatic heterocycles. The van der Waals surface area contributed by atoms with Gasteiger partial charge in [-0.05, 0) is 0 Å². The number of aromatic nitrogens is 3. The summed E-state index contributed by atoms with van der Waals surface area (Å²) in [4.78, 5) is 0. The van der Waals surface area contributed by atoms with Gasteiger partial charge in [-0.3, -0.25) is 0 Å². The SMILES string of the molecule is COCCn1nnc(CC#N)c1C(F)(F)F. The van der Waals surface area contributed by atoms with Crippen molar-refractivity contribution in [3.63, 3.8) is 0 Å². The Balaban J connectivity index is 3.05. The molecular formula is C8H9F3N4O. The molecule has 88 valence electrons. The number of hydrogen-bond acceptors (Lipinski definition) is 4. The van der Waals surface area contributed by atoms with E-state index in [1.54, 1.807) is 6.07 Å². The van der Waals surface area contributed by atoms with Gasteiger partial charge in [0.05, 0.1) is 25.6 Å². The summed E-state index contributed by atoms with van der Waals surface area (Å²) in [6.45, 7) is 0.0439. The first-order chi connectivity index (χ1) is 7.50. The van der Waals surface area contributed by atoms with Gasteiger partial charge in [0.15, 0.2) is 5.69 Å². The Hall–Kier alpha value is -1.62. The molecule has 1 rings (SSSR count). The maximum Gasteiger partial charge on any atom is 0.434 e. The molecule has 0 saturated heterocycles. The third kappa shape index (κ3) is 2.70. The van der Waals surface area contributed by atoms with E-state index in [0.717, 1.165) is 0 Å². The summed E-state index contributed by atoms with van der Waals surface area (Å²) in [6.07, 6.45) is -4.98. The second-order valence-corrected chi connectivity index (χ2v) is 2.93. The van der Waals surface area contributed by atoms with Crippen LogP contribution in [0.2, 0.25) is 0 Å². The number of ether oxygens (including phenoxy) is 1. The zero-order chi connectivity index (χ0) is 12.2. The Labute approximate surface area is 89.4 Å². The van der Waals surface area contributed by atoms with E-state index in [2.05, 4.69) is 15.0 Å². The minimum atomic E-state index is -4.57. The maximum atomic E-state index is 12.6. The first-order valence-electron chi connectivity index (χ1n) is 4.36. The van der Waals surface area contributed by atoms with Crippen LogP contribution in [-0.2, 0) is 23.9 Å². The fraction of sp³-hybridized carbons (Fsp3) is 0.625. The van der Waals surface area contributed by atoms with Crippen molar-refractivity contribution >= 4 is 0 Å². The van der Waals surface area contributed by atoms with E-state index in [1.807, 2.05) is 0 Å². The highest BCUT2D eigenvalue weighted by Gasteiger charge is 2.39. The summed E-state index contributed by atoms with van der Waals surface area (Å²) in [5.41, 5.74) is -1.34. The lowest BCUT2D eigenvalue weighted by Crippen LogP contribution is -2.18. The van der Waals surface area contributed by atoms with Crippen LogP contribution in [0, 0.1) is 11.3 Å². The first-order valence-corrected chi connectivity index (χ1v) is 4.36. The van der Waals surface area contributed by atoms with Crippen LogP contribution in [0.4, 0.5) is 13.2 Å². The summed E-state index contributed by atoms with van der Waals surface area (Å²) < 4.78 is 43.3. The molecule has 0 unspecified atom stereocenters. The van der Waals surface area contributed by atoms with E-state index in [1.165, 1.54) is 7.11 Å². The third-order valence-corrected chi connectivity index (χ3v) is 1.83. The van der Waals surface area contributed by atoms with Gasteiger partial charge >= 0.3 is 6.18 Å². The second kappa shape index (κ2) is 4.94. The first kappa shape index (κ1) is 12.4. The number of rotatable bonds is 4. The van der Waals surface area contributed by atoms with Crippen molar-refractivity contribution in [1.82, 2.24) is 15.0 Å². The average Bonchev–Trinajstić information content (AvgIpc) is 2.58. The Morgan fingerprint density at radius 1 is 1.50 bits per heavy atom. The molecule has 1 aromatic rings. The Morgan fingerprint density at radius 2 is 2.19 bits per heavy atom. The molecule has 0 aliphatic heterocycles. The molecule has 0 aliphatic carbocycles. The largest absolute Gasteiger partial charge is 0.434 e. The van der Waals surface area contributed by atoms with Crippen molar-refractivity contribution in [2.45, 2.75) is 19.1 Å². The Morgan fingerprint density at radius 3 is 2.69 bits per heavy atom. The molecule has 0 N–H and O–H groups in total. The molecule has 0 fully saturated rings. The van der Waals surface area contributed by atoms with Gasteiger partial charge in [0.1, 0.15) is 5.69 Å². The molecule has 0 atom stereocenters. The average molecular weight is 234 g/mol. The lowest BCUT2D eigenvalue weighted by molar-refractivity contribution is -0.145. The molecular weight excluding hydrogens is 225 g/mol. The van der Waals surface area contributed by atoms with Crippen LogP contribution in [-0.4, -0.2) is 28.7 Å². The van der Waals surface area contributed by atoms with E-state index >= 15 is 0 Å². The van der Waals surface area contributed by atoms with Crippen LogP contribution in [0.25, 0.3) is 0 Å². The van der Waals surface area contributed by atoms with Gasteiger partial charge in [-0.2, -0.15) is 18.4 Å². The molecule has 5 nitrogen and oxygen atoms in total. The number of nitrogens with zero attached hydrogens (tertiary/aromatic N) is 4. The van der Waals surface area contributed by atoms with Gasteiger partial charge in [0.2, 0.25) is 0 Å². The second-order valence-electron chi connectivity index (χ2n) is 2.93. The monoisotopic (exact) mass is 234 g/mol. The van der Waals surface area contributed by atoms with Crippen LogP contribution in [0.15, 0.2) is 0 Å². The Bertz CT molecular complexity index is 393. The highest BCUT2D eigenvalue weighted by molar-refractivity contribution is 5.17. The van der Waals surface area contributed by atoms with E-state index in [9.17, 15) is 13.2 Å². The van der Waals surface area contributed by atoms with Gasteiger partial charge in [-0.15, -0.1) is 5.10 Å². The van der Waals surface area contributed by atoms with E-state index in [0.29, 0.717) is 4.68 Å². The molecule has 0 spiro atoms. The van der Waals surface area contributed by atoms with Crippen LogP contribution in [0.1, 0.15) is 11.4 Å². The van der Waals surface area contributed by atoms with E-state index < -0.39 is 18.3 Å². The fourth-order valence-corrected chi connectivity index (χ4v) is 1.19. The zero-order valence-corrected chi connectivity index (χ0v) is 8.45. The molecule has 8 heteroatoms. The van der Waals surface area contributed by atoms with Gasteiger partial charge in [0.25, 0.3) is 0 Å². The number of nitriles is 1. The van der Waals surface area contributed by atoms with Crippen molar-refractivity contribution < 1.29 is 17.9 Å². The maximum absolute atomic E-state index is 12.6. The summed E-state index contributed by atoms with van der Waals surface area (Å²) in [5, 5.41) is 15.1. The van der Waals surface area contributed by atoms with E-state index in [4.69, 9.17) is 5.26 Å². The minimum absolute atomic E-state index is 0.0518. The summed E-state index contributed by atoms with van der Waals surface area (Å²) in [5.74, 6) is 0. The predicted octanol–water partition coefficient (Wildman–Crippen LogP) is 1.01. The highest BCUT2D eigenvalue weighted by Crippen LogP contribution is 2.31. The number of methoxy groups -OCH3 is 1. The normalized spacial score (nSPS) is 11.4. The topological polar surface area (TPSA) is 63.7 Å². The van der Waals surface area contributed by atoms with Crippen molar-refractivity contribution in [3.05, 3.63) is 11.4 Å². The molecule has 0 aromatic carbocycles. The van der Waals surface area contributed by atoms with Crippen molar-refractivity contribution in [1.29, 1.82) is 5.26 Å². The fourth-order valence-electron chi connectivity index (χ4n) is 1.19. The number of halogens is 3. The van der Waals surface area contributed by atoms with Crippen LogP contribution in [0.3, 0.4) is 0 Å². The molecule has 0 radical (unpaired) electrons. The molecule has 1 heterocycles. The highest BCUT2D eigenvalue weighted by atomic mass is 19.4. The van der Waals surface area contributed by atoms with E-state index in [-0.39, 0.29) is 18.8 Å².